The molecule has 0 spiro atoms. The van der Waals surface area contributed by atoms with Gasteiger partial charge in [-0.25, -0.2) is 4.98 Å². The maximum absolute atomic E-state index is 13.2. The van der Waals surface area contributed by atoms with Gasteiger partial charge in [-0.3, -0.25) is 9.59 Å². The summed E-state index contributed by atoms with van der Waals surface area (Å²) in [6, 6.07) is 17.2. The van der Waals surface area contributed by atoms with E-state index in [0.29, 0.717) is 48.2 Å². The van der Waals surface area contributed by atoms with Crippen LogP contribution in [0.15, 0.2) is 67.0 Å². The molecule has 3 aromatic heterocycles. The molecule has 37 heavy (non-hydrogen) atoms. The summed E-state index contributed by atoms with van der Waals surface area (Å²) in [6.45, 7) is 2.06. The van der Waals surface area contributed by atoms with E-state index in [0.717, 1.165) is 32.2 Å². The number of H-pyrrole nitrogens is 1. The fraction of sp³-hybridized carbons (Fsp3) is 0.179. The lowest BCUT2D eigenvalue weighted by Crippen LogP contribution is -2.40. The van der Waals surface area contributed by atoms with Crippen molar-refractivity contribution in [2.75, 3.05) is 38.7 Å². The summed E-state index contributed by atoms with van der Waals surface area (Å²) in [5.74, 6) is 0.0889. The van der Waals surface area contributed by atoms with Crippen LogP contribution in [-0.2, 0) is 4.74 Å². The number of carbonyl (C=O) groups excluding carboxylic acids is 2. The number of hydrogen-bond donors (Lipinski definition) is 2. The molecule has 8 nitrogen and oxygen atoms in total. The average molecular weight is 513 g/mol. The largest absolute Gasteiger partial charge is 0.496 e. The van der Waals surface area contributed by atoms with Crippen molar-refractivity contribution in [3.8, 4) is 16.9 Å². The zero-order valence-electron chi connectivity index (χ0n) is 20.1. The highest BCUT2D eigenvalue weighted by Gasteiger charge is 2.23. The summed E-state index contributed by atoms with van der Waals surface area (Å²) in [4.78, 5) is 36.3. The lowest BCUT2D eigenvalue weighted by molar-refractivity contribution is 0.0301. The Labute approximate surface area is 216 Å². The Balaban J connectivity index is 1.28. The summed E-state index contributed by atoms with van der Waals surface area (Å²) >= 11 is 1.43. The summed E-state index contributed by atoms with van der Waals surface area (Å²) in [5.41, 5.74) is 3.79. The lowest BCUT2D eigenvalue weighted by atomic mass is 10.0. The first-order valence-corrected chi connectivity index (χ1v) is 12.7. The predicted molar refractivity (Wildman–Crippen MR) is 145 cm³/mol. The second kappa shape index (κ2) is 9.68. The fourth-order valence-electron chi connectivity index (χ4n) is 4.59. The molecule has 0 unspecified atom stereocenters. The van der Waals surface area contributed by atoms with Gasteiger partial charge < -0.3 is 24.7 Å². The van der Waals surface area contributed by atoms with Gasteiger partial charge in [0.25, 0.3) is 11.8 Å². The van der Waals surface area contributed by atoms with Crippen LogP contribution in [0.4, 0.5) is 5.69 Å². The van der Waals surface area contributed by atoms with Crippen LogP contribution >= 0.6 is 11.3 Å². The van der Waals surface area contributed by atoms with Gasteiger partial charge in [0.05, 0.1) is 30.8 Å². The van der Waals surface area contributed by atoms with Gasteiger partial charge in [-0.2, -0.15) is 0 Å². The first kappa shape index (κ1) is 23.2. The summed E-state index contributed by atoms with van der Waals surface area (Å²) in [6.07, 6.45) is 3.71. The second-order valence-electron chi connectivity index (χ2n) is 8.74. The average Bonchev–Trinajstić information content (AvgIpc) is 3.60. The molecule has 0 radical (unpaired) electrons. The van der Waals surface area contributed by atoms with E-state index >= 15 is 0 Å². The number of hydrogen-bond acceptors (Lipinski definition) is 6. The molecule has 1 aliphatic rings. The first-order valence-electron chi connectivity index (χ1n) is 11.9. The molecule has 6 rings (SSSR count). The molecule has 9 heteroatoms. The van der Waals surface area contributed by atoms with Crippen LogP contribution in [0.25, 0.3) is 32.2 Å². The van der Waals surface area contributed by atoms with Crippen molar-refractivity contribution in [3.05, 3.63) is 77.4 Å². The molecule has 2 N–H and O–H groups in total. The van der Waals surface area contributed by atoms with Crippen LogP contribution in [0.3, 0.4) is 0 Å². The van der Waals surface area contributed by atoms with Gasteiger partial charge >= 0.3 is 0 Å². The molecular weight excluding hydrogens is 488 g/mol. The van der Waals surface area contributed by atoms with Crippen LogP contribution in [0, 0.1) is 0 Å². The number of fused-ring (bicyclic) bond motifs is 2. The van der Waals surface area contributed by atoms with Crippen LogP contribution in [0.5, 0.6) is 5.75 Å². The summed E-state index contributed by atoms with van der Waals surface area (Å²) in [5, 5.41) is 4.98. The maximum atomic E-state index is 13.2. The number of carbonyl (C=O) groups is 2. The lowest BCUT2D eigenvalue weighted by Gasteiger charge is -2.27. The summed E-state index contributed by atoms with van der Waals surface area (Å²) in [7, 11) is 1.53. The maximum Gasteiger partial charge on any atom is 0.265 e. The molecule has 186 valence electrons. The third kappa shape index (κ3) is 4.43. The number of anilines is 1. The van der Waals surface area contributed by atoms with Gasteiger partial charge in [0.1, 0.15) is 11.4 Å². The number of morpholine rings is 1. The van der Waals surface area contributed by atoms with Crippen molar-refractivity contribution >= 4 is 50.0 Å². The van der Waals surface area contributed by atoms with Crippen molar-refractivity contribution in [1.82, 2.24) is 14.9 Å². The first-order chi connectivity index (χ1) is 18.1. The zero-order valence-corrected chi connectivity index (χ0v) is 20.9. The van der Waals surface area contributed by atoms with Crippen LogP contribution < -0.4 is 10.1 Å². The number of benzene rings is 2. The minimum Gasteiger partial charge on any atom is -0.496 e. The number of aromatic nitrogens is 2. The minimum atomic E-state index is -0.235. The van der Waals surface area contributed by atoms with Gasteiger partial charge in [0.15, 0.2) is 0 Å². The number of rotatable bonds is 5. The normalized spacial score (nSPS) is 13.7. The van der Waals surface area contributed by atoms with Gasteiger partial charge in [0, 0.05) is 52.2 Å². The van der Waals surface area contributed by atoms with E-state index in [2.05, 4.69) is 21.4 Å². The number of methoxy groups -OCH3 is 1. The van der Waals surface area contributed by atoms with E-state index in [1.807, 2.05) is 42.7 Å². The van der Waals surface area contributed by atoms with Crippen molar-refractivity contribution < 1.29 is 19.1 Å². The van der Waals surface area contributed by atoms with Crippen molar-refractivity contribution in [2.24, 2.45) is 0 Å². The van der Waals surface area contributed by atoms with E-state index in [4.69, 9.17) is 9.47 Å². The molecule has 0 bridgehead atoms. The zero-order chi connectivity index (χ0) is 25.4. The fourth-order valence-corrected chi connectivity index (χ4v) is 5.58. The number of pyridine rings is 1. The van der Waals surface area contributed by atoms with Crippen LogP contribution in [0.1, 0.15) is 20.0 Å². The SMILES string of the molecule is COc1ccc(NC(=O)c2cc3c(-c4cnc5[nH]ccc5c4)cccc3s2)cc1C(=O)N1CCOCC1. The highest BCUT2D eigenvalue weighted by atomic mass is 32.1. The Morgan fingerprint density at radius 1 is 1.11 bits per heavy atom. The van der Waals surface area contributed by atoms with E-state index in [1.165, 1.54) is 18.4 Å². The third-order valence-corrected chi connectivity index (χ3v) is 7.58. The number of thiophene rings is 1. The second-order valence-corrected chi connectivity index (χ2v) is 9.83. The summed E-state index contributed by atoms with van der Waals surface area (Å²) < 4.78 is 11.8. The Kier molecular flexibility index (Phi) is 6.07. The molecule has 0 atom stereocenters. The topological polar surface area (TPSA) is 96.5 Å². The van der Waals surface area contributed by atoms with E-state index in [9.17, 15) is 9.59 Å². The molecule has 0 aliphatic carbocycles. The Bertz CT molecular complexity index is 1630. The Morgan fingerprint density at radius 2 is 1.97 bits per heavy atom. The van der Waals surface area contributed by atoms with Crippen molar-refractivity contribution in [2.45, 2.75) is 0 Å². The Hall–Kier alpha value is -4.21. The number of aromatic amines is 1. The van der Waals surface area contributed by atoms with Crippen molar-refractivity contribution in [3.63, 3.8) is 0 Å². The van der Waals surface area contributed by atoms with E-state index in [-0.39, 0.29) is 11.8 Å². The smallest absolute Gasteiger partial charge is 0.265 e. The van der Waals surface area contributed by atoms with Crippen LogP contribution in [-0.4, -0.2) is 60.1 Å². The predicted octanol–water partition coefficient (Wildman–Crippen LogP) is 5.18. The Morgan fingerprint density at radius 3 is 2.81 bits per heavy atom. The number of ether oxygens (including phenoxy) is 2. The molecule has 2 amide bonds. The minimum absolute atomic E-state index is 0.143. The molecule has 5 aromatic rings. The molecule has 0 saturated carbocycles. The molecule has 1 fully saturated rings. The highest BCUT2D eigenvalue weighted by molar-refractivity contribution is 7.21. The van der Waals surface area contributed by atoms with E-state index in [1.54, 1.807) is 23.1 Å². The van der Waals surface area contributed by atoms with Crippen molar-refractivity contribution in [1.29, 1.82) is 0 Å². The molecular formula is C28H24N4O4S. The molecule has 1 saturated heterocycles. The number of nitrogens with zero attached hydrogens (tertiary/aromatic N) is 2. The molecule has 2 aromatic carbocycles. The quantitative estimate of drug-likeness (QED) is 0.338. The number of amides is 2. The molecule has 4 heterocycles. The van der Waals surface area contributed by atoms with Crippen LogP contribution in [0.2, 0.25) is 0 Å². The highest BCUT2D eigenvalue weighted by Crippen LogP contribution is 2.35. The van der Waals surface area contributed by atoms with E-state index < -0.39 is 0 Å². The van der Waals surface area contributed by atoms with Gasteiger partial charge in [-0.15, -0.1) is 11.3 Å². The van der Waals surface area contributed by atoms with Gasteiger partial charge in [0.2, 0.25) is 0 Å². The third-order valence-electron chi connectivity index (χ3n) is 6.48. The monoisotopic (exact) mass is 512 g/mol. The molecule has 1 aliphatic heterocycles. The van der Waals surface area contributed by atoms with Gasteiger partial charge in [-0.05, 0) is 48.0 Å². The number of nitrogens with one attached hydrogen (secondary N) is 2. The standard InChI is InChI=1S/C28H24N4O4S/c1-35-23-6-5-19(14-22(23)28(34)32-9-11-36-12-10-32)31-27(33)25-15-21-20(3-2-4-24(21)37-25)18-13-17-7-8-29-26(17)30-16-18/h2-8,13-16H,9-12H2,1H3,(H,29,30)(H,31,33). The van der Waals surface area contributed by atoms with Gasteiger partial charge in [-0.1, -0.05) is 12.1 Å².